The van der Waals surface area contributed by atoms with Crippen LogP contribution in [0.1, 0.15) is 30.4 Å². The van der Waals surface area contributed by atoms with Gasteiger partial charge in [0, 0.05) is 39.9 Å². The van der Waals surface area contributed by atoms with E-state index in [1.807, 2.05) is 0 Å². The Kier molecular flexibility index (Phi) is 8.05. The first kappa shape index (κ1) is 18.7. The van der Waals surface area contributed by atoms with E-state index in [-0.39, 0.29) is 0 Å². The van der Waals surface area contributed by atoms with Crippen molar-refractivity contribution in [3.63, 3.8) is 0 Å². The molecular weight excluding hydrogens is 300 g/mol. The molecule has 0 bridgehead atoms. The fraction of sp³-hybridized carbons (Fsp3) is 0.632. The van der Waals surface area contributed by atoms with Crippen LogP contribution in [0.5, 0.6) is 0 Å². The predicted octanol–water partition coefficient (Wildman–Crippen LogP) is 2.23. The lowest BCUT2D eigenvalue weighted by molar-refractivity contribution is 0.123. The lowest BCUT2D eigenvalue weighted by atomic mass is 10.1. The fourth-order valence-corrected chi connectivity index (χ4v) is 2.53. The number of benzene rings is 1. The first-order chi connectivity index (χ1) is 11.7. The van der Waals surface area contributed by atoms with Gasteiger partial charge < -0.3 is 20.3 Å². The van der Waals surface area contributed by atoms with Crippen molar-refractivity contribution in [2.24, 2.45) is 10.9 Å². The average Bonchev–Trinajstić information content (AvgIpc) is 3.37. The SMILES string of the molecule is CN=C(NCCCOCC1CC1)NCc1cccc(CN(C)C)c1. The van der Waals surface area contributed by atoms with Crippen LogP contribution in [-0.2, 0) is 17.8 Å². The van der Waals surface area contributed by atoms with Crippen molar-refractivity contribution in [2.75, 3.05) is 40.9 Å². The van der Waals surface area contributed by atoms with E-state index in [0.29, 0.717) is 0 Å². The molecule has 1 aliphatic carbocycles. The summed E-state index contributed by atoms with van der Waals surface area (Å²) in [5.41, 5.74) is 2.60. The van der Waals surface area contributed by atoms with Crippen LogP contribution in [0.15, 0.2) is 29.3 Å². The molecule has 0 heterocycles. The zero-order valence-corrected chi connectivity index (χ0v) is 15.3. The molecule has 2 rings (SSSR count). The highest BCUT2D eigenvalue weighted by Crippen LogP contribution is 2.28. The Bertz CT molecular complexity index is 512. The molecule has 1 saturated carbocycles. The van der Waals surface area contributed by atoms with Gasteiger partial charge in [0.1, 0.15) is 0 Å². The minimum absolute atomic E-state index is 0.777. The molecule has 0 aliphatic heterocycles. The molecule has 0 saturated heterocycles. The van der Waals surface area contributed by atoms with Gasteiger partial charge in [-0.1, -0.05) is 24.3 Å². The van der Waals surface area contributed by atoms with Gasteiger partial charge in [0.05, 0.1) is 0 Å². The standard InChI is InChI=1S/C19H32N4O/c1-20-19(21-10-5-11-24-15-16-8-9-16)22-13-17-6-4-7-18(12-17)14-23(2)3/h4,6-7,12,16H,5,8-11,13-15H2,1-3H3,(H2,20,21,22). The van der Waals surface area contributed by atoms with Gasteiger partial charge in [0.25, 0.3) is 0 Å². The second-order valence-corrected chi connectivity index (χ2v) is 6.78. The molecule has 5 heteroatoms. The summed E-state index contributed by atoms with van der Waals surface area (Å²) in [7, 11) is 5.98. The lowest BCUT2D eigenvalue weighted by Gasteiger charge is -2.14. The first-order valence-corrected chi connectivity index (χ1v) is 8.92. The Hall–Kier alpha value is -1.59. The van der Waals surface area contributed by atoms with Crippen molar-refractivity contribution in [1.29, 1.82) is 0 Å². The maximum absolute atomic E-state index is 5.64. The quantitative estimate of drug-likeness (QED) is 0.392. The number of nitrogens with one attached hydrogen (secondary N) is 2. The van der Waals surface area contributed by atoms with E-state index >= 15 is 0 Å². The minimum atomic E-state index is 0.777. The second kappa shape index (κ2) is 10.3. The van der Waals surface area contributed by atoms with E-state index < -0.39 is 0 Å². The Morgan fingerprint density at radius 2 is 2.04 bits per heavy atom. The van der Waals surface area contributed by atoms with Crippen molar-refractivity contribution in [3.8, 4) is 0 Å². The summed E-state index contributed by atoms with van der Waals surface area (Å²) in [4.78, 5) is 6.45. The maximum atomic E-state index is 5.64. The summed E-state index contributed by atoms with van der Waals surface area (Å²) in [6.45, 7) is 4.38. The summed E-state index contributed by atoms with van der Waals surface area (Å²) in [6, 6.07) is 8.67. The third-order valence-corrected chi connectivity index (χ3v) is 3.98. The summed E-state index contributed by atoms with van der Waals surface area (Å²) in [6.07, 6.45) is 3.71. The van der Waals surface area contributed by atoms with Gasteiger partial charge in [-0.05, 0) is 50.4 Å². The van der Waals surface area contributed by atoms with E-state index in [1.54, 1.807) is 7.05 Å². The number of guanidine groups is 1. The third-order valence-electron chi connectivity index (χ3n) is 3.98. The molecule has 2 N–H and O–H groups in total. The molecular formula is C19H32N4O. The molecule has 1 aliphatic rings. The fourth-order valence-electron chi connectivity index (χ4n) is 2.53. The second-order valence-electron chi connectivity index (χ2n) is 6.78. The van der Waals surface area contributed by atoms with E-state index in [1.165, 1.54) is 24.0 Å². The van der Waals surface area contributed by atoms with Gasteiger partial charge in [-0.3, -0.25) is 4.99 Å². The van der Waals surface area contributed by atoms with Gasteiger partial charge in [-0.15, -0.1) is 0 Å². The van der Waals surface area contributed by atoms with Crippen LogP contribution in [0.3, 0.4) is 0 Å². The highest BCUT2D eigenvalue weighted by Gasteiger charge is 2.20. The molecule has 0 radical (unpaired) electrons. The lowest BCUT2D eigenvalue weighted by Crippen LogP contribution is -2.37. The molecule has 24 heavy (non-hydrogen) atoms. The van der Waals surface area contributed by atoms with Crippen molar-refractivity contribution in [1.82, 2.24) is 15.5 Å². The van der Waals surface area contributed by atoms with Crippen LogP contribution < -0.4 is 10.6 Å². The Morgan fingerprint density at radius 1 is 1.25 bits per heavy atom. The maximum Gasteiger partial charge on any atom is 0.191 e. The van der Waals surface area contributed by atoms with Crippen LogP contribution in [0, 0.1) is 5.92 Å². The van der Waals surface area contributed by atoms with Crippen molar-refractivity contribution >= 4 is 5.96 Å². The molecule has 1 aromatic carbocycles. The largest absolute Gasteiger partial charge is 0.381 e. The van der Waals surface area contributed by atoms with E-state index in [9.17, 15) is 0 Å². The van der Waals surface area contributed by atoms with Crippen molar-refractivity contribution in [3.05, 3.63) is 35.4 Å². The topological polar surface area (TPSA) is 48.9 Å². The molecule has 1 fully saturated rings. The van der Waals surface area contributed by atoms with E-state index in [2.05, 4.69) is 58.9 Å². The van der Waals surface area contributed by atoms with Crippen LogP contribution in [0.25, 0.3) is 0 Å². The average molecular weight is 332 g/mol. The number of aliphatic imine (C=N–C) groups is 1. The summed E-state index contributed by atoms with van der Waals surface area (Å²) in [5.74, 6) is 1.69. The summed E-state index contributed by atoms with van der Waals surface area (Å²) in [5, 5.41) is 6.71. The van der Waals surface area contributed by atoms with Gasteiger partial charge in [0.2, 0.25) is 0 Å². The van der Waals surface area contributed by atoms with Crippen LogP contribution in [0.2, 0.25) is 0 Å². The Balaban J connectivity index is 1.63. The zero-order chi connectivity index (χ0) is 17.2. The van der Waals surface area contributed by atoms with Crippen molar-refractivity contribution in [2.45, 2.75) is 32.4 Å². The van der Waals surface area contributed by atoms with Crippen molar-refractivity contribution < 1.29 is 4.74 Å². The molecule has 0 aromatic heterocycles. The van der Waals surface area contributed by atoms with Gasteiger partial charge >= 0.3 is 0 Å². The smallest absolute Gasteiger partial charge is 0.191 e. The molecule has 0 spiro atoms. The number of ether oxygens (including phenoxy) is 1. The summed E-state index contributed by atoms with van der Waals surface area (Å²) < 4.78 is 5.64. The molecule has 0 atom stereocenters. The Labute approximate surface area is 146 Å². The number of rotatable bonds is 10. The number of nitrogens with zero attached hydrogens (tertiary/aromatic N) is 2. The highest BCUT2D eigenvalue weighted by molar-refractivity contribution is 5.79. The summed E-state index contributed by atoms with van der Waals surface area (Å²) >= 11 is 0. The Morgan fingerprint density at radius 3 is 2.75 bits per heavy atom. The van der Waals surface area contributed by atoms with E-state index in [0.717, 1.165) is 51.1 Å². The molecule has 0 unspecified atom stereocenters. The monoisotopic (exact) mass is 332 g/mol. The molecule has 5 nitrogen and oxygen atoms in total. The normalized spacial score (nSPS) is 14.9. The van der Waals surface area contributed by atoms with Gasteiger partial charge in [-0.2, -0.15) is 0 Å². The molecule has 1 aromatic rings. The predicted molar refractivity (Wildman–Crippen MR) is 100 cm³/mol. The van der Waals surface area contributed by atoms with Gasteiger partial charge in [0.15, 0.2) is 5.96 Å². The minimum Gasteiger partial charge on any atom is -0.381 e. The van der Waals surface area contributed by atoms with Crippen LogP contribution in [-0.4, -0.2) is 51.8 Å². The highest BCUT2D eigenvalue weighted by atomic mass is 16.5. The van der Waals surface area contributed by atoms with E-state index in [4.69, 9.17) is 4.74 Å². The third kappa shape index (κ3) is 7.79. The first-order valence-electron chi connectivity index (χ1n) is 8.92. The zero-order valence-electron chi connectivity index (χ0n) is 15.3. The molecule has 0 amide bonds. The van der Waals surface area contributed by atoms with Crippen LogP contribution in [0.4, 0.5) is 0 Å². The number of hydrogen-bond acceptors (Lipinski definition) is 3. The van der Waals surface area contributed by atoms with Gasteiger partial charge in [-0.25, -0.2) is 0 Å². The number of hydrogen-bond donors (Lipinski definition) is 2. The van der Waals surface area contributed by atoms with Crippen LogP contribution >= 0.6 is 0 Å². The molecule has 134 valence electrons.